The minimum atomic E-state index is 0.0682. The Morgan fingerprint density at radius 3 is 2.19 bits per heavy atom. The van der Waals surface area contributed by atoms with Crippen molar-refractivity contribution in [2.75, 3.05) is 0 Å². The maximum atomic E-state index is 11.9. The van der Waals surface area contributed by atoms with Gasteiger partial charge < -0.3 is 0 Å². The van der Waals surface area contributed by atoms with E-state index in [2.05, 4.69) is 15.9 Å². The molecule has 3 heteroatoms. The van der Waals surface area contributed by atoms with Gasteiger partial charge >= 0.3 is 0 Å². The molecule has 2 aromatic rings. The monoisotopic (exact) mass is 292 g/mol. The topological polar surface area (TPSA) is 17.1 Å². The zero-order valence-electron chi connectivity index (χ0n) is 8.39. The summed E-state index contributed by atoms with van der Waals surface area (Å²) < 4.78 is 0.980. The Morgan fingerprint density at radius 2 is 1.56 bits per heavy atom. The highest BCUT2D eigenvalue weighted by Gasteiger charge is 2.07. The number of rotatable bonds is 2. The van der Waals surface area contributed by atoms with Crippen molar-refractivity contribution in [3.8, 4) is 0 Å². The van der Waals surface area contributed by atoms with E-state index in [9.17, 15) is 4.79 Å². The number of carbonyl (C=O) groups is 1. The van der Waals surface area contributed by atoms with Gasteiger partial charge in [0.05, 0.1) is 0 Å². The lowest BCUT2D eigenvalue weighted by atomic mass is 10.2. The summed E-state index contributed by atoms with van der Waals surface area (Å²) in [5.74, 6) is 0. The van der Waals surface area contributed by atoms with Gasteiger partial charge in [-0.25, -0.2) is 0 Å². The first-order valence-corrected chi connectivity index (χ1v) is 6.39. The molecule has 0 aliphatic heterocycles. The molecule has 0 aliphatic rings. The van der Waals surface area contributed by atoms with Gasteiger partial charge in [-0.15, -0.1) is 0 Å². The van der Waals surface area contributed by atoms with Crippen molar-refractivity contribution in [1.82, 2.24) is 0 Å². The highest BCUT2D eigenvalue weighted by atomic mass is 79.9. The first-order chi connectivity index (χ1) is 7.75. The van der Waals surface area contributed by atoms with E-state index < -0.39 is 0 Å². The van der Waals surface area contributed by atoms with Crippen LogP contribution in [-0.2, 0) is 0 Å². The Kier molecular flexibility index (Phi) is 3.80. The molecule has 16 heavy (non-hydrogen) atoms. The SMILES string of the molecule is O=C(Sc1ccccc1)c1ccc(Br)cc1. The van der Waals surface area contributed by atoms with Gasteiger partial charge in [0, 0.05) is 14.9 Å². The van der Waals surface area contributed by atoms with Gasteiger partial charge in [-0.05, 0) is 48.2 Å². The minimum Gasteiger partial charge on any atom is -0.281 e. The van der Waals surface area contributed by atoms with Gasteiger partial charge in [0.15, 0.2) is 0 Å². The third kappa shape index (κ3) is 2.97. The molecule has 0 atom stereocenters. The standard InChI is InChI=1S/C13H9BrOS/c14-11-8-6-10(7-9-11)13(15)16-12-4-2-1-3-5-12/h1-9H. The van der Waals surface area contributed by atoms with E-state index in [0.29, 0.717) is 0 Å². The molecule has 2 rings (SSSR count). The Balaban J connectivity index is 2.12. The third-order valence-electron chi connectivity index (χ3n) is 2.03. The van der Waals surface area contributed by atoms with Gasteiger partial charge in [-0.1, -0.05) is 34.1 Å². The van der Waals surface area contributed by atoms with Crippen LogP contribution >= 0.6 is 27.7 Å². The average Bonchev–Trinajstić information content (AvgIpc) is 2.31. The largest absolute Gasteiger partial charge is 0.281 e. The zero-order chi connectivity index (χ0) is 11.4. The van der Waals surface area contributed by atoms with E-state index in [0.717, 1.165) is 14.9 Å². The molecule has 0 N–H and O–H groups in total. The molecule has 0 spiro atoms. The van der Waals surface area contributed by atoms with Crippen molar-refractivity contribution in [2.24, 2.45) is 0 Å². The maximum Gasteiger partial charge on any atom is 0.224 e. The normalized spacial score (nSPS) is 10.1. The molecule has 0 heterocycles. The minimum absolute atomic E-state index is 0.0682. The Bertz CT molecular complexity index is 479. The summed E-state index contributed by atoms with van der Waals surface area (Å²) in [5.41, 5.74) is 0.719. The average molecular weight is 293 g/mol. The molecule has 2 aromatic carbocycles. The van der Waals surface area contributed by atoms with Crippen molar-refractivity contribution < 1.29 is 4.79 Å². The van der Waals surface area contributed by atoms with Crippen LogP contribution in [0.1, 0.15) is 10.4 Å². The summed E-state index contributed by atoms with van der Waals surface area (Å²) in [6.45, 7) is 0. The first kappa shape index (κ1) is 11.4. The summed E-state index contributed by atoms with van der Waals surface area (Å²) in [6, 6.07) is 17.0. The number of benzene rings is 2. The lowest BCUT2D eigenvalue weighted by Gasteiger charge is -2.00. The molecule has 0 aliphatic carbocycles. The number of hydrogen-bond acceptors (Lipinski definition) is 2. The van der Waals surface area contributed by atoms with Crippen molar-refractivity contribution in [1.29, 1.82) is 0 Å². The quantitative estimate of drug-likeness (QED) is 0.764. The first-order valence-electron chi connectivity index (χ1n) is 4.78. The molecule has 1 nitrogen and oxygen atoms in total. The van der Waals surface area contributed by atoms with Gasteiger partial charge in [0.2, 0.25) is 5.12 Å². The van der Waals surface area contributed by atoms with Crippen LogP contribution < -0.4 is 0 Å². The number of carbonyl (C=O) groups excluding carboxylic acids is 1. The maximum absolute atomic E-state index is 11.9. The van der Waals surface area contributed by atoms with Gasteiger partial charge in [0.25, 0.3) is 0 Å². The third-order valence-corrected chi connectivity index (χ3v) is 3.49. The molecular weight excluding hydrogens is 284 g/mol. The van der Waals surface area contributed by atoms with E-state index in [-0.39, 0.29) is 5.12 Å². The van der Waals surface area contributed by atoms with E-state index in [1.54, 1.807) is 0 Å². The fourth-order valence-electron chi connectivity index (χ4n) is 1.24. The predicted octanol–water partition coefficient (Wildman–Crippen LogP) is 4.38. The zero-order valence-corrected chi connectivity index (χ0v) is 10.8. The lowest BCUT2D eigenvalue weighted by Crippen LogP contribution is -1.92. The molecule has 0 saturated heterocycles. The van der Waals surface area contributed by atoms with Crippen LogP contribution in [0.5, 0.6) is 0 Å². The second kappa shape index (κ2) is 5.32. The van der Waals surface area contributed by atoms with E-state index in [1.165, 1.54) is 11.8 Å². The van der Waals surface area contributed by atoms with Gasteiger partial charge in [-0.2, -0.15) is 0 Å². The van der Waals surface area contributed by atoms with Crippen LogP contribution in [0.4, 0.5) is 0 Å². The Hall–Kier alpha value is -1.06. The number of halogens is 1. The second-order valence-corrected chi connectivity index (χ2v) is 5.17. The molecule has 0 radical (unpaired) electrons. The van der Waals surface area contributed by atoms with Crippen molar-refractivity contribution in [3.63, 3.8) is 0 Å². The molecule has 0 aromatic heterocycles. The van der Waals surface area contributed by atoms with Gasteiger partial charge in [-0.3, -0.25) is 4.79 Å². The van der Waals surface area contributed by atoms with Crippen LogP contribution in [-0.4, -0.2) is 5.12 Å². The molecule has 0 amide bonds. The summed E-state index contributed by atoms with van der Waals surface area (Å²) in [4.78, 5) is 12.8. The fourth-order valence-corrected chi connectivity index (χ4v) is 2.27. The van der Waals surface area contributed by atoms with Crippen molar-refractivity contribution in [2.45, 2.75) is 4.90 Å². The predicted molar refractivity (Wildman–Crippen MR) is 70.8 cm³/mol. The van der Waals surface area contributed by atoms with Gasteiger partial charge in [0.1, 0.15) is 0 Å². The van der Waals surface area contributed by atoms with Crippen molar-refractivity contribution in [3.05, 3.63) is 64.6 Å². The molecule has 0 fully saturated rings. The number of hydrogen-bond donors (Lipinski definition) is 0. The van der Waals surface area contributed by atoms with Crippen LogP contribution in [0.15, 0.2) is 64.0 Å². The summed E-state index contributed by atoms with van der Waals surface area (Å²) in [7, 11) is 0. The molecule has 0 unspecified atom stereocenters. The van der Waals surface area contributed by atoms with Crippen LogP contribution in [0.3, 0.4) is 0 Å². The summed E-state index contributed by atoms with van der Waals surface area (Å²) in [5, 5.41) is 0.0682. The van der Waals surface area contributed by atoms with Crippen molar-refractivity contribution >= 4 is 32.8 Å². The van der Waals surface area contributed by atoms with Crippen LogP contribution in [0.2, 0.25) is 0 Å². The molecule has 80 valence electrons. The highest BCUT2D eigenvalue weighted by molar-refractivity contribution is 9.10. The molecular formula is C13H9BrOS. The second-order valence-electron chi connectivity index (χ2n) is 3.21. The van der Waals surface area contributed by atoms with Crippen LogP contribution in [0.25, 0.3) is 0 Å². The molecule has 0 saturated carbocycles. The highest BCUT2D eigenvalue weighted by Crippen LogP contribution is 2.23. The van der Waals surface area contributed by atoms with Crippen LogP contribution in [0, 0.1) is 0 Å². The molecule has 0 bridgehead atoms. The van der Waals surface area contributed by atoms with E-state index in [4.69, 9.17) is 0 Å². The van der Waals surface area contributed by atoms with E-state index in [1.807, 2.05) is 54.6 Å². The number of thioether (sulfide) groups is 1. The Morgan fingerprint density at radius 1 is 0.938 bits per heavy atom. The smallest absolute Gasteiger partial charge is 0.224 e. The fraction of sp³-hybridized carbons (Fsp3) is 0. The Labute approximate surface area is 107 Å². The summed E-state index contributed by atoms with van der Waals surface area (Å²) in [6.07, 6.45) is 0. The van der Waals surface area contributed by atoms with E-state index >= 15 is 0 Å². The lowest BCUT2D eigenvalue weighted by molar-refractivity contribution is 0.108. The summed E-state index contributed by atoms with van der Waals surface area (Å²) >= 11 is 4.59.